The number of amides is 2. The summed E-state index contributed by atoms with van der Waals surface area (Å²) in [5, 5.41) is 0. The molecule has 2 aliphatic rings. The van der Waals surface area contributed by atoms with E-state index in [-0.39, 0.29) is 11.8 Å². The zero-order valence-corrected chi connectivity index (χ0v) is 19.2. The fourth-order valence-corrected chi connectivity index (χ4v) is 4.83. The van der Waals surface area contributed by atoms with Crippen molar-refractivity contribution in [2.24, 2.45) is 5.92 Å². The van der Waals surface area contributed by atoms with Gasteiger partial charge in [0.1, 0.15) is 12.4 Å². The lowest BCUT2D eigenvalue weighted by molar-refractivity contribution is -0.137. The van der Waals surface area contributed by atoms with Crippen molar-refractivity contribution in [2.75, 3.05) is 26.2 Å². The van der Waals surface area contributed by atoms with Gasteiger partial charge in [-0.3, -0.25) is 14.6 Å². The monoisotopic (exact) mass is 435 g/mol. The average molecular weight is 436 g/mol. The highest BCUT2D eigenvalue weighted by Crippen LogP contribution is 2.28. The number of carbonyl (C=O) groups excluding carboxylic acids is 2. The molecular formula is C26H33N3O3. The first-order chi connectivity index (χ1) is 15.5. The molecule has 2 aliphatic heterocycles. The van der Waals surface area contributed by atoms with Crippen molar-refractivity contribution in [3.63, 3.8) is 0 Å². The Morgan fingerprint density at radius 2 is 1.69 bits per heavy atom. The van der Waals surface area contributed by atoms with Crippen LogP contribution in [0.5, 0.6) is 5.75 Å². The first-order valence-electron chi connectivity index (χ1n) is 11.7. The summed E-state index contributed by atoms with van der Waals surface area (Å²) in [6.45, 7) is 7.47. The summed E-state index contributed by atoms with van der Waals surface area (Å²) in [6.07, 6.45) is 8.50. The van der Waals surface area contributed by atoms with Gasteiger partial charge in [-0.15, -0.1) is 0 Å². The number of ether oxygens (including phenoxy) is 1. The standard InChI is InChI=1S/C26H33N3O3/c1-19-15-23(16-20(2)24(19)32-18-21-7-6-10-27-17-21)26(31)29-13-8-22(9-14-29)25(30)28-11-4-3-5-12-28/h6-7,10,15-17,22H,3-5,8-9,11-14,18H2,1-2H3. The highest BCUT2D eigenvalue weighted by molar-refractivity contribution is 5.95. The lowest BCUT2D eigenvalue weighted by Crippen LogP contribution is -2.45. The maximum absolute atomic E-state index is 13.2. The quantitative estimate of drug-likeness (QED) is 0.708. The normalized spacial score (nSPS) is 17.3. The van der Waals surface area contributed by atoms with Gasteiger partial charge in [-0.1, -0.05) is 6.07 Å². The van der Waals surface area contributed by atoms with E-state index in [9.17, 15) is 9.59 Å². The van der Waals surface area contributed by atoms with Crippen LogP contribution in [0.25, 0.3) is 0 Å². The van der Waals surface area contributed by atoms with E-state index in [0.717, 1.165) is 61.2 Å². The number of likely N-dealkylation sites (tertiary alicyclic amines) is 2. The fourth-order valence-electron chi connectivity index (χ4n) is 4.83. The van der Waals surface area contributed by atoms with Gasteiger partial charge in [0.25, 0.3) is 5.91 Å². The molecule has 0 spiro atoms. The number of hydrogen-bond acceptors (Lipinski definition) is 4. The molecule has 0 aliphatic carbocycles. The van der Waals surface area contributed by atoms with Crippen LogP contribution in [0.3, 0.4) is 0 Å². The fraction of sp³-hybridized carbons (Fsp3) is 0.500. The van der Waals surface area contributed by atoms with Crippen molar-refractivity contribution >= 4 is 11.8 Å². The van der Waals surface area contributed by atoms with Gasteiger partial charge in [0.2, 0.25) is 5.91 Å². The van der Waals surface area contributed by atoms with Crippen molar-refractivity contribution in [3.05, 3.63) is 58.9 Å². The zero-order chi connectivity index (χ0) is 22.5. The second-order valence-corrected chi connectivity index (χ2v) is 9.04. The van der Waals surface area contributed by atoms with E-state index in [4.69, 9.17) is 4.74 Å². The smallest absolute Gasteiger partial charge is 0.253 e. The van der Waals surface area contributed by atoms with E-state index in [0.29, 0.717) is 31.2 Å². The van der Waals surface area contributed by atoms with E-state index in [1.165, 1.54) is 6.42 Å². The second-order valence-electron chi connectivity index (χ2n) is 9.04. The molecule has 0 unspecified atom stereocenters. The SMILES string of the molecule is Cc1cc(C(=O)N2CCC(C(=O)N3CCCCC3)CC2)cc(C)c1OCc1cccnc1. The average Bonchev–Trinajstić information content (AvgIpc) is 2.84. The van der Waals surface area contributed by atoms with Gasteiger partial charge in [0.05, 0.1) is 0 Å². The van der Waals surface area contributed by atoms with E-state index in [1.807, 2.05) is 47.9 Å². The van der Waals surface area contributed by atoms with E-state index in [1.54, 1.807) is 12.4 Å². The highest BCUT2D eigenvalue weighted by atomic mass is 16.5. The molecule has 4 rings (SSSR count). The van der Waals surface area contributed by atoms with Crippen LogP contribution in [-0.2, 0) is 11.4 Å². The number of aryl methyl sites for hydroxylation is 2. The molecule has 0 atom stereocenters. The van der Waals surface area contributed by atoms with Crippen LogP contribution in [0.4, 0.5) is 0 Å². The highest BCUT2D eigenvalue weighted by Gasteiger charge is 2.31. The first-order valence-corrected chi connectivity index (χ1v) is 11.7. The maximum Gasteiger partial charge on any atom is 0.253 e. The van der Waals surface area contributed by atoms with Crippen molar-refractivity contribution in [2.45, 2.75) is 52.6 Å². The minimum absolute atomic E-state index is 0.0406. The van der Waals surface area contributed by atoms with Gasteiger partial charge in [-0.2, -0.15) is 0 Å². The summed E-state index contributed by atoms with van der Waals surface area (Å²) >= 11 is 0. The molecular weight excluding hydrogens is 402 g/mol. The Balaban J connectivity index is 1.35. The minimum atomic E-state index is 0.0406. The Morgan fingerprint density at radius 3 is 2.31 bits per heavy atom. The summed E-state index contributed by atoms with van der Waals surface area (Å²) < 4.78 is 6.02. The van der Waals surface area contributed by atoms with Crippen LogP contribution in [0.2, 0.25) is 0 Å². The lowest BCUT2D eigenvalue weighted by Gasteiger charge is -2.35. The molecule has 2 saturated heterocycles. The molecule has 0 saturated carbocycles. The number of aromatic nitrogens is 1. The van der Waals surface area contributed by atoms with Gasteiger partial charge in [0, 0.05) is 55.6 Å². The van der Waals surface area contributed by atoms with Crippen LogP contribution < -0.4 is 4.74 Å². The van der Waals surface area contributed by atoms with Crippen LogP contribution in [-0.4, -0.2) is 52.8 Å². The molecule has 0 N–H and O–H groups in total. The molecule has 1 aromatic carbocycles. The van der Waals surface area contributed by atoms with Crippen molar-refractivity contribution in [1.29, 1.82) is 0 Å². The number of hydrogen-bond donors (Lipinski definition) is 0. The first kappa shape index (κ1) is 22.3. The summed E-state index contributed by atoms with van der Waals surface area (Å²) in [5.74, 6) is 1.21. The van der Waals surface area contributed by atoms with Gasteiger partial charge < -0.3 is 14.5 Å². The molecule has 32 heavy (non-hydrogen) atoms. The Kier molecular flexibility index (Phi) is 7.08. The Labute approximate surface area is 190 Å². The van der Waals surface area contributed by atoms with Gasteiger partial charge in [0.15, 0.2) is 0 Å². The predicted octanol–water partition coefficient (Wildman–Crippen LogP) is 4.14. The number of rotatable bonds is 5. The van der Waals surface area contributed by atoms with Gasteiger partial charge in [-0.05, 0) is 75.3 Å². The van der Waals surface area contributed by atoms with Crippen molar-refractivity contribution < 1.29 is 14.3 Å². The topological polar surface area (TPSA) is 62.7 Å². The predicted molar refractivity (Wildman–Crippen MR) is 124 cm³/mol. The lowest BCUT2D eigenvalue weighted by atomic mass is 9.93. The number of carbonyl (C=O) groups is 2. The molecule has 2 amide bonds. The zero-order valence-electron chi connectivity index (χ0n) is 19.2. The summed E-state index contributed by atoms with van der Waals surface area (Å²) in [7, 11) is 0. The summed E-state index contributed by atoms with van der Waals surface area (Å²) in [6, 6.07) is 7.70. The largest absolute Gasteiger partial charge is 0.488 e. The summed E-state index contributed by atoms with van der Waals surface area (Å²) in [5.41, 5.74) is 3.60. The molecule has 3 heterocycles. The number of nitrogens with zero attached hydrogens (tertiary/aromatic N) is 3. The second kappa shape index (κ2) is 10.2. The van der Waals surface area contributed by atoms with Gasteiger partial charge in [-0.25, -0.2) is 0 Å². The Hall–Kier alpha value is -2.89. The van der Waals surface area contributed by atoms with Crippen LogP contribution in [0.1, 0.15) is 59.2 Å². The molecule has 1 aromatic heterocycles. The number of benzene rings is 1. The molecule has 170 valence electrons. The van der Waals surface area contributed by atoms with Crippen LogP contribution >= 0.6 is 0 Å². The third-order valence-corrected chi connectivity index (χ3v) is 6.61. The van der Waals surface area contributed by atoms with Crippen molar-refractivity contribution in [3.8, 4) is 5.75 Å². The molecule has 6 nitrogen and oxygen atoms in total. The Bertz CT molecular complexity index is 923. The van der Waals surface area contributed by atoms with Crippen molar-refractivity contribution in [1.82, 2.24) is 14.8 Å². The molecule has 2 fully saturated rings. The van der Waals surface area contributed by atoms with Gasteiger partial charge >= 0.3 is 0 Å². The van der Waals surface area contributed by atoms with Crippen LogP contribution in [0, 0.1) is 19.8 Å². The maximum atomic E-state index is 13.2. The number of piperidine rings is 2. The van der Waals surface area contributed by atoms with E-state index >= 15 is 0 Å². The summed E-state index contributed by atoms with van der Waals surface area (Å²) in [4.78, 5) is 34.0. The van der Waals surface area contributed by atoms with E-state index in [2.05, 4.69) is 4.98 Å². The molecule has 6 heteroatoms. The Morgan fingerprint density at radius 1 is 1.00 bits per heavy atom. The van der Waals surface area contributed by atoms with E-state index < -0.39 is 0 Å². The molecule has 0 bridgehead atoms. The number of pyridine rings is 1. The minimum Gasteiger partial charge on any atom is -0.488 e. The third-order valence-electron chi connectivity index (χ3n) is 6.61. The molecule has 2 aromatic rings. The third kappa shape index (κ3) is 5.12. The van der Waals surface area contributed by atoms with Crippen LogP contribution in [0.15, 0.2) is 36.7 Å². The molecule has 0 radical (unpaired) electrons.